The number of benzene rings is 1. The standard InChI is InChI=1S/C24H30N4O3/c29-22(26-18-24(9-2-1-3-10-24)28-12-14-31-15-13-28)19-6-4-8-21(16-19)27-23(30)20-7-5-11-25-17-20/h4-8,11,16-17H,1-3,9-10,12-15,18H2,(H,26,29)(H,27,30). The number of hydrogen-bond donors (Lipinski definition) is 2. The van der Waals surface area contributed by atoms with Gasteiger partial charge in [-0.15, -0.1) is 0 Å². The molecule has 1 aromatic carbocycles. The number of morpholine rings is 1. The summed E-state index contributed by atoms with van der Waals surface area (Å²) >= 11 is 0. The van der Waals surface area contributed by atoms with Gasteiger partial charge in [-0.1, -0.05) is 25.3 Å². The van der Waals surface area contributed by atoms with E-state index in [-0.39, 0.29) is 17.4 Å². The third-order valence-electron chi connectivity index (χ3n) is 6.35. The molecule has 1 aliphatic heterocycles. The molecule has 2 aliphatic rings. The summed E-state index contributed by atoms with van der Waals surface area (Å²) in [7, 11) is 0. The van der Waals surface area contributed by atoms with Crippen molar-refractivity contribution in [3.63, 3.8) is 0 Å². The Morgan fingerprint density at radius 1 is 1.00 bits per heavy atom. The van der Waals surface area contributed by atoms with E-state index in [9.17, 15) is 9.59 Å². The Kier molecular flexibility index (Phi) is 6.94. The molecule has 2 aromatic rings. The van der Waals surface area contributed by atoms with E-state index in [4.69, 9.17) is 4.74 Å². The predicted octanol–water partition coefficient (Wildman–Crippen LogP) is 3.10. The van der Waals surface area contributed by atoms with Gasteiger partial charge in [-0.05, 0) is 43.2 Å². The Morgan fingerprint density at radius 2 is 1.77 bits per heavy atom. The third-order valence-corrected chi connectivity index (χ3v) is 6.35. The minimum atomic E-state index is -0.251. The van der Waals surface area contributed by atoms with Crippen molar-refractivity contribution in [2.24, 2.45) is 0 Å². The van der Waals surface area contributed by atoms with Crippen LogP contribution in [0.4, 0.5) is 5.69 Å². The third kappa shape index (κ3) is 5.29. The van der Waals surface area contributed by atoms with Gasteiger partial charge in [0.1, 0.15) is 0 Å². The Hall–Kier alpha value is -2.77. The number of pyridine rings is 1. The number of amides is 2. The highest BCUT2D eigenvalue weighted by Crippen LogP contribution is 2.34. The highest BCUT2D eigenvalue weighted by atomic mass is 16.5. The van der Waals surface area contributed by atoms with Crippen LogP contribution in [0.25, 0.3) is 0 Å². The molecule has 2 fully saturated rings. The van der Waals surface area contributed by atoms with Crippen LogP contribution in [0.5, 0.6) is 0 Å². The Bertz CT molecular complexity index is 891. The fourth-order valence-electron chi connectivity index (χ4n) is 4.64. The van der Waals surface area contributed by atoms with Gasteiger partial charge in [-0.2, -0.15) is 0 Å². The van der Waals surface area contributed by atoms with Crippen molar-refractivity contribution < 1.29 is 14.3 Å². The maximum Gasteiger partial charge on any atom is 0.257 e. The Balaban J connectivity index is 1.41. The molecule has 0 bridgehead atoms. The molecule has 0 spiro atoms. The lowest BCUT2D eigenvalue weighted by Crippen LogP contribution is -2.59. The molecule has 2 amide bonds. The lowest BCUT2D eigenvalue weighted by atomic mass is 9.79. The van der Waals surface area contributed by atoms with Crippen LogP contribution in [0.15, 0.2) is 48.8 Å². The molecule has 31 heavy (non-hydrogen) atoms. The number of nitrogens with one attached hydrogen (secondary N) is 2. The molecule has 1 saturated carbocycles. The van der Waals surface area contributed by atoms with E-state index in [1.165, 1.54) is 25.5 Å². The van der Waals surface area contributed by atoms with E-state index >= 15 is 0 Å². The largest absolute Gasteiger partial charge is 0.379 e. The Labute approximate surface area is 183 Å². The summed E-state index contributed by atoms with van der Waals surface area (Å²) < 4.78 is 5.54. The smallest absolute Gasteiger partial charge is 0.257 e. The molecule has 1 aromatic heterocycles. The number of rotatable bonds is 6. The minimum absolute atomic E-state index is 0.0177. The summed E-state index contributed by atoms with van der Waals surface area (Å²) in [5.41, 5.74) is 1.62. The van der Waals surface area contributed by atoms with Gasteiger partial charge in [-0.25, -0.2) is 0 Å². The number of hydrogen-bond acceptors (Lipinski definition) is 5. The first-order valence-corrected chi connectivity index (χ1v) is 11.1. The molecular weight excluding hydrogens is 392 g/mol. The Morgan fingerprint density at radius 3 is 2.52 bits per heavy atom. The number of carbonyl (C=O) groups excluding carboxylic acids is 2. The average molecular weight is 423 g/mol. The predicted molar refractivity (Wildman–Crippen MR) is 119 cm³/mol. The number of ether oxygens (including phenoxy) is 1. The van der Waals surface area contributed by atoms with Crippen molar-refractivity contribution in [3.8, 4) is 0 Å². The van der Waals surface area contributed by atoms with Crippen molar-refractivity contribution in [3.05, 3.63) is 59.9 Å². The minimum Gasteiger partial charge on any atom is -0.379 e. The average Bonchev–Trinajstić information content (AvgIpc) is 2.84. The van der Waals surface area contributed by atoms with Crippen LogP contribution in [0.3, 0.4) is 0 Å². The van der Waals surface area contributed by atoms with Gasteiger partial charge in [0.25, 0.3) is 11.8 Å². The summed E-state index contributed by atoms with van der Waals surface area (Å²) in [6, 6.07) is 10.5. The fourth-order valence-corrected chi connectivity index (χ4v) is 4.64. The lowest BCUT2D eigenvalue weighted by molar-refractivity contribution is -0.0361. The van der Waals surface area contributed by atoms with Crippen molar-refractivity contribution in [1.29, 1.82) is 0 Å². The zero-order chi connectivity index (χ0) is 21.5. The van der Waals surface area contributed by atoms with Crippen LogP contribution in [-0.2, 0) is 4.74 Å². The highest BCUT2D eigenvalue weighted by Gasteiger charge is 2.38. The summed E-state index contributed by atoms with van der Waals surface area (Å²) in [6.45, 7) is 4.00. The second kappa shape index (κ2) is 10.0. The van der Waals surface area contributed by atoms with Crippen molar-refractivity contribution in [1.82, 2.24) is 15.2 Å². The van der Waals surface area contributed by atoms with E-state index in [0.717, 1.165) is 39.1 Å². The van der Waals surface area contributed by atoms with Gasteiger partial charge < -0.3 is 15.4 Å². The van der Waals surface area contributed by atoms with Gasteiger partial charge in [-0.3, -0.25) is 19.5 Å². The van der Waals surface area contributed by atoms with E-state index in [1.54, 1.807) is 42.6 Å². The summed E-state index contributed by atoms with van der Waals surface area (Å²) in [5.74, 6) is -0.366. The highest BCUT2D eigenvalue weighted by molar-refractivity contribution is 6.04. The molecule has 0 unspecified atom stereocenters. The van der Waals surface area contributed by atoms with E-state index in [0.29, 0.717) is 23.4 Å². The van der Waals surface area contributed by atoms with Gasteiger partial charge in [0.2, 0.25) is 0 Å². The quantitative estimate of drug-likeness (QED) is 0.747. The molecule has 1 saturated heterocycles. The molecule has 4 rings (SSSR count). The van der Waals surface area contributed by atoms with Crippen LogP contribution < -0.4 is 10.6 Å². The molecule has 1 aliphatic carbocycles. The van der Waals surface area contributed by atoms with Gasteiger partial charge in [0, 0.05) is 48.8 Å². The molecular formula is C24H30N4O3. The van der Waals surface area contributed by atoms with Crippen molar-refractivity contribution in [2.45, 2.75) is 37.6 Å². The number of carbonyl (C=O) groups is 2. The molecule has 2 heterocycles. The lowest BCUT2D eigenvalue weighted by Gasteiger charge is -2.48. The van der Waals surface area contributed by atoms with Crippen molar-refractivity contribution in [2.75, 3.05) is 38.2 Å². The van der Waals surface area contributed by atoms with Crippen LogP contribution in [0, 0.1) is 0 Å². The SMILES string of the molecule is O=C(NCC1(N2CCOCC2)CCCCC1)c1cccc(NC(=O)c2cccnc2)c1. The second-order valence-electron chi connectivity index (χ2n) is 8.34. The zero-order valence-electron chi connectivity index (χ0n) is 17.8. The molecule has 7 nitrogen and oxygen atoms in total. The van der Waals surface area contributed by atoms with Crippen molar-refractivity contribution >= 4 is 17.5 Å². The number of nitrogens with zero attached hydrogens (tertiary/aromatic N) is 2. The first kappa shape index (κ1) is 21.5. The first-order valence-electron chi connectivity index (χ1n) is 11.1. The molecule has 0 radical (unpaired) electrons. The fraction of sp³-hybridized carbons (Fsp3) is 0.458. The molecule has 7 heteroatoms. The monoisotopic (exact) mass is 422 g/mol. The van der Waals surface area contributed by atoms with E-state index < -0.39 is 0 Å². The van der Waals surface area contributed by atoms with Gasteiger partial charge in [0.05, 0.1) is 18.8 Å². The summed E-state index contributed by atoms with van der Waals surface area (Å²) in [4.78, 5) is 31.8. The first-order chi connectivity index (χ1) is 15.2. The van der Waals surface area contributed by atoms with E-state index in [1.807, 2.05) is 0 Å². The van der Waals surface area contributed by atoms with Crippen LogP contribution >= 0.6 is 0 Å². The maximum atomic E-state index is 12.9. The maximum absolute atomic E-state index is 12.9. The van der Waals surface area contributed by atoms with Gasteiger partial charge in [0.15, 0.2) is 0 Å². The van der Waals surface area contributed by atoms with Crippen LogP contribution in [0.2, 0.25) is 0 Å². The summed E-state index contributed by atoms with van der Waals surface area (Å²) in [6.07, 6.45) is 9.01. The van der Waals surface area contributed by atoms with Crippen LogP contribution in [-0.4, -0.2) is 60.1 Å². The normalized spacial score (nSPS) is 18.8. The van der Waals surface area contributed by atoms with E-state index in [2.05, 4.69) is 20.5 Å². The van der Waals surface area contributed by atoms with Crippen LogP contribution in [0.1, 0.15) is 52.8 Å². The summed E-state index contributed by atoms with van der Waals surface area (Å²) in [5, 5.41) is 6.01. The number of aromatic nitrogens is 1. The second-order valence-corrected chi connectivity index (χ2v) is 8.34. The molecule has 0 atom stereocenters. The molecule has 164 valence electrons. The zero-order valence-corrected chi connectivity index (χ0v) is 17.8. The van der Waals surface area contributed by atoms with Gasteiger partial charge >= 0.3 is 0 Å². The molecule has 2 N–H and O–H groups in total. The number of anilines is 1. The topological polar surface area (TPSA) is 83.6 Å².